The third-order valence-corrected chi connectivity index (χ3v) is 2.78. The fourth-order valence-electron chi connectivity index (χ4n) is 1.87. The molecule has 0 N–H and O–H groups in total. The Hall–Kier alpha value is -3.12. The number of hydrogen-bond acceptors (Lipinski definition) is 4. The average molecular weight is 266 g/mol. The summed E-state index contributed by atoms with van der Waals surface area (Å²) < 4.78 is 0. The maximum absolute atomic E-state index is 12.1. The summed E-state index contributed by atoms with van der Waals surface area (Å²) in [6, 6.07) is 12.0. The Kier molecular flexibility index (Phi) is 3.78. The van der Waals surface area contributed by atoms with Crippen LogP contribution in [0.1, 0.15) is 5.56 Å². The lowest BCUT2D eigenvalue weighted by Crippen LogP contribution is -2.33. The molecule has 1 aromatic carbocycles. The number of nitrogens with zero attached hydrogens (tertiary/aromatic N) is 4. The molecule has 20 heavy (non-hydrogen) atoms. The molecule has 1 heterocycles. The van der Waals surface area contributed by atoms with Crippen LogP contribution in [0.25, 0.3) is 6.08 Å². The van der Waals surface area contributed by atoms with E-state index in [1.54, 1.807) is 30.3 Å². The summed E-state index contributed by atoms with van der Waals surface area (Å²) in [6.45, 7) is -0.559. The summed E-state index contributed by atoms with van der Waals surface area (Å²) in [5.74, 6) is -0.560. The lowest BCUT2D eigenvalue weighted by Gasteiger charge is -2.11. The molecule has 1 saturated heterocycles. The van der Waals surface area contributed by atoms with Crippen LogP contribution in [0, 0.1) is 22.7 Å². The van der Waals surface area contributed by atoms with Crippen molar-refractivity contribution in [3.05, 3.63) is 41.6 Å². The smallest absolute Gasteiger partial charge is 0.275 e. The van der Waals surface area contributed by atoms with Crippen molar-refractivity contribution in [3.8, 4) is 12.1 Å². The van der Waals surface area contributed by atoms with E-state index in [9.17, 15) is 9.59 Å². The SMILES string of the molecule is N#CCN1C(=O)/C(=C\c2ccccc2)N(CC#N)C1=O. The van der Waals surface area contributed by atoms with Gasteiger partial charge in [0.25, 0.3) is 5.91 Å². The third-order valence-electron chi connectivity index (χ3n) is 2.78. The highest BCUT2D eigenvalue weighted by atomic mass is 16.2. The number of hydrogen-bond donors (Lipinski definition) is 0. The van der Waals surface area contributed by atoms with Gasteiger partial charge in [0.1, 0.15) is 18.8 Å². The number of amides is 3. The van der Waals surface area contributed by atoms with E-state index in [0.717, 1.165) is 15.4 Å². The van der Waals surface area contributed by atoms with Crippen molar-refractivity contribution in [3.63, 3.8) is 0 Å². The van der Waals surface area contributed by atoms with E-state index in [4.69, 9.17) is 10.5 Å². The molecule has 6 heteroatoms. The van der Waals surface area contributed by atoms with Crippen molar-refractivity contribution < 1.29 is 9.59 Å². The Morgan fingerprint density at radius 2 is 1.60 bits per heavy atom. The molecule has 1 fully saturated rings. The molecule has 98 valence electrons. The quantitative estimate of drug-likeness (QED) is 0.469. The summed E-state index contributed by atoms with van der Waals surface area (Å²) in [5.41, 5.74) is 0.850. The number of rotatable bonds is 3. The van der Waals surface area contributed by atoms with E-state index in [1.807, 2.05) is 12.1 Å². The fraction of sp³-hybridized carbons (Fsp3) is 0.143. The Morgan fingerprint density at radius 3 is 2.20 bits per heavy atom. The summed E-state index contributed by atoms with van der Waals surface area (Å²) in [7, 11) is 0. The highest BCUT2D eigenvalue weighted by Crippen LogP contribution is 2.22. The van der Waals surface area contributed by atoms with Gasteiger partial charge in [0.05, 0.1) is 12.1 Å². The predicted octanol–water partition coefficient (Wildman–Crippen LogP) is 1.34. The Morgan fingerprint density at radius 1 is 1.00 bits per heavy atom. The first kappa shape index (κ1) is 13.3. The van der Waals surface area contributed by atoms with Gasteiger partial charge in [-0.1, -0.05) is 30.3 Å². The first-order chi connectivity index (χ1) is 9.69. The minimum Gasteiger partial charge on any atom is -0.275 e. The van der Waals surface area contributed by atoms with Crippen molar-refractivity contribution >= 4 is 18.0 Å². The minimum absolute atomic E-state index is 0.109. The molecule has 0 aliphatic carbocycles. The van der Waals surface area contributed by atoms with Crippen molar-refractivity contribution in [2.24, 2.45) is 0 Å². The molecule has 0 radical (unpaired) electrons. The highest BCUT2D eigenvalue weighted by molar-refractivity contribution is 6.14. The van der Waals surface area contributed by atoms with Crippen LogP contribution < -0.4 is 0 Å². The molecule has 2 rings (SSSR count). The van der Waals surface area contributed by atoms with Crippen LogP contribution in [0.15, 0.2) is 36.0 Å². The number of nitriles is 2. The molecule has 0 bridgehead atoms. The van der Waals surface area contributed by atoms with Gasteiger partial charge < -0.3 is 0 Å². The number of benzene rings is 1. The second-order valence-corrected chi connectivity index (χ2v) is 4.02. The molecular formula is C14H10N4O2. The number of urea groups is 1. The van der Waals surface area contributed by atoms with Crippen molar-refractivity contribution in [2.75, 3.05) is 13.1 Å². The summed E-state index contributed by atoms with van der Waals surface area (Å²) in [4.78, 5) is 26.0. The first-order valence-corrected chi connectivity index (χ1v) is 5.83. The standard InChI is InChI=1S/C14H10N4O2/c15-6-8-17-12(10-11-4-2-1-3-5-11)13(19)18(9-7-16)14(17)20/h1-5,10H,8-9H2/b12-10+. The van der Waals surface area contributed by atoms with Crippen LogP contribution in [-0.4, -0.2) is 34.8 Å². The molecule has 0 atom stereocenters. The van der Waals surface area contributed by atoms with Crippen LogP contribution in [0.2, 0.25) is 0 Å². The number of carbonyl (C=O) groups is 2. The molecule has 1 aliphatic heterocycles. The Balaban J connectivity index is 2.42. The molecule has 1 aliphatic rings. The molecular weight excluding hydrogens is 256 g/mol. The van der Waals surface area contributed by atoms with Gasteiger partial charge >= 0.3 is 6.03 Å². The van der Waals surface area contributed by atoms with Gasteiger partial charge in [-0.25, -0.2) is 9.69 Å². The van der Waals surface area contributed by atoms with Gasteiger partial charge in [-0.2, -0.15) is 10.5 Å². The summed E-state index contributed by atoms with van der Waals surface area (Å²) in [5, 5.41) is 17.4. The minimum atomic E-state index is -0.639. The largest absolute Gasteiger partial charge is 0.333 e. The van der Waals surface area contributed by atoms with Gasteiger partial charge in [-0.3, -0.25) is 9.69 Å². The van der Waals surface area contributed by atoms with Gasteiger partial charge in [0.15, 0.2) is 0 Å². The summed E-state index contributed by atoms with van der Waals surface area (Å²) >= 11 is 0. The first-order valence-electron chi connectivity index (χ1n) is 5.83. The van der Waals surface area contributed by atoms with Gasteiger partial charge in [0, 0.05) is 0 Å². The second kappa shape index (κ2) is 5.68. The second-order valence-electron chi connectivity index (χ2n) is 4.02. The van der Waals surface area contributed by atoms with Crippen LogP contribution in [0.4, 0.5) is 4.79 Å². The van der Waals surface area contributed by atoms with Crippen LogP contribution in [0.3, 0.4) is 0 Å². The topological polar surface area (TPSA) is 88.2 Å². The maximum atomic E-state index is 12.1. The highest BCUT2D eigenvalue weighted by Gasteiger charge is 2.40. The van der Waals surface area contributed by atoms with E-state index in [1.165, 1.54) is 6.08 Å². The van der Waals surface area contributed by atoms with E-state index >= 15 is 0 Å². The fourth-order valence-corrected chi connectivity index (χ4v) is 1.87. The predicted molar refractivity (Wildman–Crippen MR) is 69.5 cm³/mol. The Labute approximate surface area is 115 Å². The maximum Gasteiger partial charge on any atom is 0.333 e. The molecule has 0 spiro atoms. The van der Waals surface area contributed by atoms with Gasteiger partial charge in [0.2, 0.25) is 0 Å². The van der Waals surface area contributed by atoms with E-state index in [-0.39, 0.29) is 18.8 Å². The monoisotopic (exact) mass is 266 g/mol. The van der Waals surface area contributed by atoms with E-state index in [2.05, 4.69) is 0 Å². The van der Waals surface area contributed by atoms with Crippen molar-refractivity contribution in [1.82, 2.24) is 9.80 Å². The molecule has 1 aromatic rings. The zero-order valence-corrected chi connectivity index (χ0v) is 10.5. The molecule has 0 unspecified atom stereocenters. The normalized spacial score (nSPS) is 16.4. The number of carbonyl (C=O) groups excluding carboxylic acids is 2. The molecule has 0 aromatic heterocycles. The Bertz CT molecular complexity index is 652. The third kappa shape index (κ3) is 2.36. The summed E-state index contributed by atoms with van der Waals surface area (Å²) in [6.07, 6.45) is 1.54. The van der Waals surface area contributed by atoms with Gasteiger partial charge in [-0.15, -0.1) is 0 Å². The van der Waals surface area contributed by atoms with Crippen molar-refractivity contribution in [2.45, 2.75) is 0 Å². The van der Waals surface area contributed by atoms with Crippen LogP contribution in [-0.2, 0) is 4.79 Å². The zero-order chi connectivity index (χ0) is 14.5. The van der Waals surface area contributed by atoms with Crippen molar-refractivity contribution in [1.29, 1.82) is 10.5 Å². The van der Waals surface area contributed by atoms with E-state index in [0.29, 0.717) is 0 Å². The molecule has 6 nitrogen and oxygen atoms in total. The van der Waals surface area contributed by atoms with E-state index < -0.39 is 11.9 Å². The molecule has 3 amide bonds. The van der Waals surface area contributed by atoms with Gasteiger partial charge in [-0.05, 0) is 11.6 Å². The molecule has 0 saturated carbocycles. The zero-order valence-electron chi connectivity index (χ0n) is 10.5. The van der Waals surface area contributed by atoms with Crippen LogP contribution in [0.5, 0.6) is 0 Å². The lowest BCUT2D eigenvalue weighted by atomic mass is 10.2. The van der Waals surface area contributed by atoms with Crippen LogP contribution >= 0.6 is 0 Å². The lowest BCUT2D eigenvalue weighted by molar-refractivity contribution is -0.122. The average Bonchev–Trinajstić information content (AvgIpc) is 2.67. The number of imide groups is 1.